The van der Waals surface area contributed by atoms with Gasteiger partial charge in [0.25, 0.3) is 5.56 Å². The van der Waals surface area contributed by atoms with Crippen molar-refractivity contribution < 1.29 is 9.84 Å². The third kappa shape index (κ3) is 2.41. The molecule has 0 spiro atoms. The van der Waals surface area contributed by atoms with Crippen LogP contribution in [0.2, 0.25) is 0 Å². The molecule has 21 heavy (non-hydrogen) atoms. The van der Waals surface area contributed by atoms with E-state index in [4.69, 9.17) is 10.00 Å². The molecule has 106 valence electrons. The molecule has 0 amide bonds. The quantitative estimate of drug-likeness (QED) is 0.859. The zero-order valence-electron chi connectivity index (χ0n) is 11.3. The molecule has 2 unspecified atom stereocenters. The van der Waals surface area contributed by atoms with Crippen LogP contribution < -0.4 is 10.3 Å². The maximum atomic E-state index is 12.1. The lowest BCUT2D eigenvalue weighted by Gasteiger charge is -2.23. The van der Waals surface area contributed by atoms with Crippen LogP contribution in [-0.2, 0) is 0 Å². The van der Waals surface area contributed by atoms with Crippen molar-refractivity contribution >= 4 is 0 Å². The van der Waals surface area contributed by atoms with Crippen molar-refractivity contribution in [3.05, 3.63) is 64.1 Å². The molecule has 1 aliphatic rings. The van der Waals surface area contributed by atoms with Gasteiger partial charge in [-0.2, -0.15) is 5.26 Å². The molecule has 2 heterocycles. The lowest BCUT2D eigenvalue weighted by Crippen LogP contribution is -2.32. The van der Waals surface area contributed by atoms with E-state index < -0.39 is 12.1 Å². The van der Waals surface area contributed by atoms with Gasteiger partial charge in [0, 0.05) is 24.2 Å². The third-order valence-electron chi connectivity index (χ3n) is 3.64. The minimum atomic E-state index is -0.750. The Hall–Kier alpha value is -2.58. The molecular weight excluding hydrogens is 268 g/mol. The van der Waals surface area contributed by atoms with Crippen molar-refractivity contribution in [2.45, 2.75) is 18.6 Å². The Morgan fingerprint density at radius 3 is 2.95 bits per heavy atom. The Morgan fingerprint density at radius 2 is 2.19 bits per heavy atom. The van der Waals surface area contributed by atoms with Gasteiger partial charge in [0.15, 0.2) is 0 Å². The summed E-state index contributed by atoms with van der Waals surface area (Å²) in [6.07, 6.45) is 1.31. The number of nitrogens with zero attached hydrogens (tertiary/aromatic N) is 2. The number of aliphatic hydroxyl groups excluding tert-OH is 1. The summed E-state index contributed by atoms with van der Waals surface area (Å²) in [5.41, 5.74) is 0.935. The highest BCUT2D eigenvalue weighted by Gasteiger charge is 2.29. The molecule has 0 saturated heterocycles. The van der Waals surface area contributed by atoms with Crippen LogP contribution in [0.3, 0.4) is 0 Å². The summed E-state index contributed by atoms with van der Waals surface area (Å²) < 4.78 is 7.11. The summed E-state index contributed by atoms with van der Waals surface area (Å²) in [6, 6.07) is 11.4. The molecule has 0 radical (unpaired) electrons. The minimum absolute atomic E-state index is 0.197. The van der Waals surface area contributed by atoms with Gasteiger partial charge < -0.3 is 14.4 Å². The number of ether oxygens (including phenoxy) is 1. The second kappa shape index (κ2) is 5.43. The number of aliphatic hydroxyl groups is 1. The third-order valence-corrected chi connectivity index (χ3v) is 3.64. The van der Waals surface area contributed by atoms with Crippen LogP contribution in [0.25, 0.3) is 0 Å². The van der Waals surface area contributed by atoms with Crippen molar-refractivity contribution in [1.82, 2.24) is 4.57 Å². The average Bonchev–Trinajstić information content (AvgIpc) is 2.66. The summed E-state index contributed by atoms with van der Waals surface area (Å²) in [6.45, 7) is 0.373. The fourth-order valence-electron chi connectivity index (χ4n) is 2.64. The van der Waals surface area contributed by atoms with Gasteiger partial charge in [-0.05, 0) is 24.3 Å². The standard InChI is InChI=1S/C16H14N2O3/c17-10-11-4-5-14-12(9-11)16(13(19)6-8-21-14)18-7-2-1-3-15(18)20/h1-5,7,9,13,16,19H,6,8H2. The molecular formula is C16H14N2O3. The van der Waals surface area contributed by atoms with E-state index in [0.29, 0.717) is 29.9 Å². The highest BCUT2D eigenvalue weighted by atomic mass is 16.5. The molecule has 0 aliphatic carbocycles. The molecule has 1 aliphatic heterocycles. The van der Waals surface area contributed by atoms with Gasteiger partial charge in [0.1, 0.15) is 5.75 Å². The summed E-state index contributed by atoms with van der Waals surface area (Å²) in [7, 11) is 0. The topological polar surface area (TPSA) is 75.2 Å². The smallest absolute Gasteiger partial charge is 0.251 e. The number of nitriles is 1. The van der Waals surface area contributed by atoms with Crippen LogP contribution in [0, 0.1) is 11.3 Å². The van der Waals surface area contributed by atoms with Crippen molar-refractivity contribution in [2.24, 2.45) is 0 Å². The lowest BCUT2D eigenvalue weighted by molar-refractivity contribution is 0.112. The van der Waals surface area contributed by atoms with E-state index in [2.05, 4.69) is 6.07 Å². The molecule has 0 saturated carbocycles. The number of benzene rings is 1. The maximum absolute atomic E-state index is 12.1. The van der Waals surface area contributed by atoms with Gasteiger partial charge >= 0.3 is 0 Å². The second-order valence-corrected chi connectivity index (χ2v) is 4.96. The Bertz CT molecular complexity index is 761. The van der Waals surface area contributed by atoms with E-state index in [1.165, 1.54) is 10.6 Å². The summed E-state index contributed by atoms with van der Waals surface area (Å²) in [5.74, 6) is 0.603. The lowest BCUT2D eigenvalue weighted by atomic mass is 9.97. The molecule has 2 aromatic rings. The van der Waals surface area contributed by atoms with E-state index >= 15 is 0 Å². The first-order valence-electron chi connectivity index (χ1n) is 6.73. The van der Waals surface area contributed by atoms with Gasteiger partial charge in [0.2, 0.25) is 0 Å². The van der Waals surface area contributed by atoms with Crippen molar-refractivity contribution in [2.75, 3.05) is 6.61 Å². The molecule has 5 nitrogen and oxygen atoms in total. The largest absolute Gasteiger partial charge is 0.493 e. The number of hydrogen-bond acceptors (Lipinski definition) is 4. The fraction of sp³-hybridized carbons (Fsp3) is 0.250. The zero-order chi connectivity index (χ0) is 14.8. The van der Waals surface area contributed by atoms with E-state index in [1.54, 1.807) is 36.5 Å². The van der Waals surface area contributed by atoms with Gasteiger partial charge in [-0.1, -0.05) is 6.07 Å². The first kappa shape index (κ1) is 13.4. The number of aromatic nitrogens is 1. The van der Waals surface area contributed by atoms with Crippen LogP contribution in [0.4, 0.5) is 0 Å². The molecule has 1 aromatic carbocycles. The molecule has 5 heteroatoms. The summed E-state index contributed by atoms with van der Waals surface area (Å²) in [5, 5.41) is 19.5. The van der Waals surface area contributed by atoms with Crippen molar-refractivity contribution in [3.63, 3.8) is 0 Å². The van der Waals surface area contributed by atoms with Crippen LogP contribution in [0.15, 0.2) is 47.4 Å². The van der Waals surface area contributed by atoms with Crippen LogP contribution in [0.1, 0.15) is 23.6 Å². The van der Waals surface area contributed by atoms with Gasteiger partial charge in [-0.3, -0.25) is 4.79 Å². The number of hydrogen-bond donors (Lipinski definition) is 1. The minimum Gasteiger partial charge on any atom is -0.493 e. The van der Waals surface area contributed by atoms with Crippen molar-refractivity contribution in [1.29, 1.82) is 5.26 Å². The Kier molecular flexibility index (Phi) is 3.46. The predicted octanol–water partition coefficient (Wildman–Crippen LogP) is 1.45. The van der Waals surface area contributed by atoms with Gasteiger partial charge in [-0.15, -0.1) is 0 Å². The highest BCUT2D eigenvalue weighted by Crippen LogP contribution is 2.34. The molecule has 3 rings (SSSR count). The normalized spacial score (nSPS) is 20.8. The van der Waals surface area contributed by atoms with E-state index in [0.717, 1.165) is 0 Å². The second-order valence-electron chi connectivity index (χ2n) is 4.96. The maximum Gasteiger partial charge on any atom is 0.251 e. The predicted molar refractivity (Wildman–Crippen MR) is 76.1 cm³/mol. The molecule has 2 atom stereocenters. The molecule has 1 aromatic heterocycles. The van der Waals surface area contributed by atoms with Crippen LogP contribution >= 0.6 is 0 Å². The first-order valence-corrected chi connectivity index (χ1v) is 6.73. The molecule has 1 N–H and O–H groups in total. The van der Waals surface area contributed by atoms with Crippen LogP contribution in [0.5, 0.6) is 5.75 Å². The Balaban J connectivity index is 2.22. The average molecular weight is 282 g/mol. The Morgan fingerprint density at radius 1 is 1.33 bits per heavy atom. The molecule has 0 fully saturated rings. The summed E-state index contributed by atoms with van der Waals surface area (Å²) in [4.78, 5) is 12.1. The number of fused-ring (bicyclic) bond motifs is 1. The van der Waals surface area contributed by atoms with Crippen molar-refractivity contribution in [3.8, 4) is 11.8 Å². The van der Waals surface area contributed by atoms with E-state index in [-0.39, 0.29) is 5.56 Å². The Labute approximate surface area is 121 Å². The SMILES string of the molecule is N#Cc1ccc2c(c1)C(n1ccccc1=O)C(O)CCO2. The van der Waals surface area contributed by atoms with Gasteiger partial charge in [-0.25, -0.2) is 0 Å². The fourth-order valence-corrected chi connectivity index (χ4v) is 2.64. The monoisotopic (exact) mass is 282 g/mol. The van der Waals surface area contributed by atoms with E-state index in [1.807, 2.05) is 0 Å². The highest BCUT2D eigenvalue weighted by molar-refractivity contribution is 5.45. The zero-order valence-corrected chi connectivity index (χ0v) is 11.3. The molecule has 0 bridgehead atoms. The van der Waals surface area contributed by atoms with E-state index in [9.17, 15) is 9.90 Å². The van der Waals surface area contributed by atoms with Crippen LogP contribution in [-0.4, -0.2) is 22.4 Å². The first-order chi connectivity index (χ1) is 10.2. The van der Waals surface area contributed by atoms with Gasteiger partial charge in [0.05, 0.1) is 30.4 Å². The summed E-state index contributed by atoms with van der Waals surface area (Å²) >= 11 is 0. The number of pyridine rings is 1. The number of rotatable bonds is 1.